The molecule has 15 heavy (non-hydrogen) atoms. The standard InChI is InChI=1S/C10H8ClFO3/c1-15-10(14)4-8-6(5-13)2-7(11)3-9(8)12/h2-3,5H,4H2,1H3. The summed E-state index contributed by atoms with van der Waals surface area (Å²) in [4.78, 5) is 21.6. The van der Waals surface area contributed by atoms with E-state index in [1.165, 1.54) is 13.2 Å². The van der Waals surface area contributed by atoms with Crippen LogP contribution in [0, 0.1) is 5.82 Å². The molecule has 1 aromatic rings. The summed E-state index contributed by atoms with van der Waals surface area (Å²) >= 11 is 5.56. The molecule has 5 heteroatoms. The Morgan fingerprint density at radius 2 is 2.27 bits per heavy atom. The van der Waals surface area contributed by atoms with Gasteiger partial charge in [0.05, 0.1) is 13.5 Å². The summed E-state index contributed by atoms with van der Waals surface area (Å²) in [6.45, 7) is 0. The summed E-state index contributed by atoms with van der Waals surface area (Å²) in [5.41, 5.74) is 0.0617. The van der Waals surface area contributed by atoms with Crippen molar-refractivity contribution >= 4 is 23.9 Å². The molecule has 0 aliphatic carbocycles. The number of methoxy groups -OCH3 is 1. The maximum atomic E-state index is 13.3. The maximum absolute atomic E-state index is 13.3. The van der Waals surface area contributed by atoms with Crippen molar-refractivity contribution < 1.29 is 18.7 Å². The second-order valence-electron chi connectivity index (χ2n) is 2.83. The van der Waals surface area contributed by atoms with Gasteiger partial charge in [0, 0.05) is 16.1 Å². The number of halogens is 2. The van der Waals surface area contributed by atoms with E-state index in [2.05, 4.69) is 4.74 Å². The van der Waals surface area contributed by atoms with Gasteiger partial charge in [-0.1, -0.05) is 11.6 Å². The van der Waals surface area contributed by atoms with E-state index in [0.29, 0.717) is 6.29 Å². The number of carbonyl (C=O) groups excluding carboxylic acids is 2. The SMILES string of the molecule is COC(=O)Cc1c(F)cc(Cl)cc1C=O. The Morgan fingerprint density at radius 3 is 2.80 bits per heavy atom. The fourth-order valence-corrected chi connectivity index (χ4v) is 1.34. The number of carbonyl (C=O) groups is 2. The highest BCUT2D eigenvalue weighted by atomic mass is 35.5. The zero-order valence-corrected chi connectivity index (χ0v) is 8.68. The minimum atomic E-state index is -0.685. The van der Waals surface area contributed by atoms with Crippen LogP contribution in [0.5, 0.6) is 0 Å². The van der Waals surface area contributed by atoms with Crippen LogP contribution in [-0.4, -0.2) is 19.4 Å². The van der Waals surface area contributed by atoms with Crippen molar-refractivity contribution in [2.75, 3.05) is 7.11 Å². The molecule has 0 aliphatic rings. The Kier molecular flexibility index (Phi) is 3.80. The zero-order chi connectivity index (χ0) is 11.4. The third-order valence-electron chi connectivity index (χ3n) is 1.87. The van der Waals surface area contributed by atoms with Crippen LogP contribution in [0.3, 0.4) is 0 Å². The Labute approximate surface area is 90.8 Å². The van der Waals surface area contributed by atoms with Crippen LogP contribution in [-0.2, 0) is 16.0 Å². The van der Waals surface area contributed by atoms with Crippen molar-refractivity contribution in [1.82, 2.24) is 0 Å². The first-order valence-corrected chi connectivity index (χ1v) is 4.46. The number of benzene rings is 1. The average Bonchev–Trinajstić information content (AvgIpc) is 2.21. The van der Waals surface area contributed by atoms with E-state index in [1.54, 1.807) is 0 Å². The van der Waals surface area contributed by atoms with Crippen LogP contribution < -0.4 is 0 Å². The quantitative estimate of drug-likeness (QED) is 0.589. The van der Waals surface area contributed by atoms with Gasteiger partial charge in [-0.05, 0) is 12.1 Å². The van der Waals surface area contributed by atoms with E-state index in [9.17, 15) is 14.0 Å². The maximum Gasteiger partial charge on any atom is 0.310 e. The number of esters is 1. The smallest absolute Gasteiger partial charge is 0.310 e. The lowest BCUT2D eigenvalue weighted by Crippen LogP contribution is -2.08. The molecule has 3 nitrogen and oxygen atoms in total. The van der Waals surface area contributed by atoms with Crippen molar-refractivity contribution in [1.29, 1.82) is 0 Å². The Bertz CT molecular complexity index is 404. The van der Waals surface area contributed by atoms with E-state index in [1.807, 2.05) is 0 Å². The van der Waals surface area contributed by atoms with Crippen molar-refractivity contribution in [3.63, 3.8) is 0 Å². The van der Waals surface area contributed by atoms with Crippen LogP contribution in [0.15, 0.2) is 12.1 Å². The molecule has 0 heterocycles. The fraction of sp³-hybridized carbons (Fsp3) is 0.200. The molecule has 0 unspecified atom stereocenters. The first-order chi connectivity index (χ1) is 7.08. The number of ether oxygens (including phenoxy) is 1. The highest BCUT2D eigenvalue weighted by Gasteiger charge is 2.14. The molecular weight excluding hydrogens is 223 g/mol. The normalized spacial score (nSPS) is 9.80. The highest BCUT2D eigenvalue weighted by Crippen LogP contribution is 2.19. The molecule has 0 aromatic heterocycles. The summed E-state index contributed by atoms with van der Waals surface area (Å²) in [6.07, 6.45) is 0.167. The summed E-state index contributed by atoms with van der Waals surface area (Å²) in [5.74, 6) is -1.30. The number of hydrogen-bond acceptors (Lipinski definition) is 3. The molecule has 1 rings (SSSR count). The van der Waals surface area contributed by atoms with Gasteiger partial charge < -0.3 is 4.74 Å². The molecule has 0 saturated heterocycles. The number of rotatable bonds is 3. The molecule has 0 aliphatic heterocycles. The van der Waals surface area contributed by atoms with Crippen LogP contribution >= 0.6 is 11.6 Å². The summed E-state index contributed by atoms with van der Waals surface area (Å²) in [7, 11) is 1.19. The van der Waals surface area contributed by atoms with E-state index in [-0.39, 0.29) is 22.6 Å². The first kappa shape index (κ1) is 11.7. The van der Waals surface area contributed by atoms with Crippen LogP contribution in [0.4, 0.5) is 4.39 Å². The average molecular weight is 231 g/mol. The van der Waals surface area contributed by atoms with Gasteiger partial charge in [-0.25, -0.2) is 4.39 Å². The number of aldehydes is 1. The molecule has 1 aromatic carbocycles. The first-order valence-electron chi connectivity index (χ1n) is 4.08. The third-order valence-corrected chi connectivity index (χ3v) is 2.09. The summed E-state index contributed by atoms with van der Waals surface area (Å²) in [6, 6.07) is 2.35. The third kappa shape index (κ3) is 2.76. The van der Waals surface area contributed by atoms with Gasteiger partial charge in [0.15, 0.2) is 6.29 Å². The molecule has 0 N–H and O–H groups in total. The number of hydrogen-bond donors (Lipinski definition) is 0. The molecule has 0 amide bonds. The Morgan fingerprint density at radius 1 is 1.60 bits per heavy atom. The van der Waals surface area contributed by atoms with E-state index in [4.69, 9.17) is 11.6 Å². The van der Waals surface area contributed by atoms with Crippen LogP contribution in [0.1, 0.15) is 15.9 Å². The lowest BCUT2D eigenvalue weighted by atomic mass is 10.0. The minimum Gasteiger partial charge on any atom is -0.469 e. The molecule has 0 saturated carbocycles. The molecule has 80 valence electrons. The van der Waals surface area contributed by atoms with Gasteiger partial charge in [-0.15, -0.1) is 0 Å². The molecule has 0 bridgehead atoms. The molecule has 0 spiro atoms. The lowest BCUT2D eigenvalue weighted by molar-refractivity contribution is -0.139. The molecule has 0 radical (unpaired) electrons. The largest absolute Gasteiger partial charge is 0.469 e. The van der Waals surface area contributed by atoms with Gasteiger partial charge in [0.2, 0.25) is 0 Å². The van der Waals surface area contributed by atoms with Crippen molar-refractivity contribution in [2.45, 2.75) is 6.42 Å². The summed E-state index contributed by atoms with van der Waals surface area (Å²) in [5, 5.41) is 0.114. The molecular formula is C10H8ClFO3. The van der Waals surface area contributed by atoms with E-state index in [0.717, 1.165) is 6.07 Å². The second-order valence-corrected chi connectivity index (χ2v) is 3.26. The fourth-order valence-electron chi connectivity index (χ4n) is 1.13. The summed E-state index contributed by atoms with van der Waals surface area (Å²) < 4.78 is 17.7. The molecule has 0 atom stereocenters. The van der Waals surface area contributed by atoms with Gasteiger partial charge in [-0.3, -0.25) is 9.59 Å². The molecule has 0 fully saturated rings. The van der Waals surface area contributed by atoms with Gasteiger partial charge in [-0.2, -0.15) is 0 Å². The zero-order valence-electron chi connectivity index (χ0n) is 7.92. The topological polar surface area (TPSA) is 43.4 Å². The monoisotopic (exact) mass is 230 g/mol. The predicted octanol–water partition coefficient (Wildman–Crippen LogP) is 2.01. The van der Waals surface area contributed by atoms with Crippen molar-refractivity contribution in [3.05, 3.63) is 34.1 Å². The van der Waals surface area contributed by atoms with Gasteiger partial charge in [0.1, 0.15) is 5.82 Å². The van der Waals surface area contributed by atoms with Gasteiger partial charge in [0.25, 0.3) is 0 Å². The van der Waals surface area contributed by atoms with Crippen molar-refractivity contribution in [2.24, 2.45) is 0 Å². The van der Waals surface area contributed by atoms with E-state index < -0.39 is 11.8 Å². The van der Waals surface area contributed by atoms with Crippen LogP contribution in [0.25, 0.3) is 0 Å². The van der Waals surface area contributed by atoms with Gasteiger partial charge >= 0.3 is 5.97 Å². The Hall–Kier alpha value is -1.42. The second kappa shape index (κ2) is 4.89. The minimum absolute atomic E-state index is 0.00116. The van der Waals surface area contributed by atoms with E-state index >= 15 is 0 Å². The van der Waals surface area contributed by atoms with Crippen molar-refractivity contribution in [3.8, 4) is 0 Å². The Balaban J connectivity index is 3.15. The van der Waals surface area contributed by atoms with Crippen LogP contribution in [0.2, 0.25) is 5.02 Å². The lowest BCUT2D eigenvalue weighted by Gasteiger charge is -2.05. The highest BCUT2D eigenvalue weighted by molar-refractivity contribution is 6.30. The predicted molar refractivity (Wildman–Crippen MR) is 52.5 cm³/mol.